The van der Waals surface area contributed by atoms with E-state index in [9.17, 15) is 9.90 Å². The van der Waals surface area contributed by atoms with Gasteiger partial charge in [0.1, 0.15) is 0 Å². The molecule has 2 atom stereocenters. The van der Waals surface area contributed by atoms with Crippen LogP contribution in [-0.2, 0) is 9.53 Å². The maximum Gasteiger partial charge on any atom is 0.265 e. The molecule has 1 saturated heterocycles. The first-order valence-corrected chi connectivity index (χ1v) is 3.93. The number of rotatable bonds is 2. The van der Waals surface area contributed by atoms with Crippen molar-refractivity contribution >= 4 is 17.7 Å². The number of aliphatic hydroxyl groups is 1. The molecule has 0 aromatic carbocycles. The highest BCUT2D eigenvalue weighted by Gasteiger charge is 2.41. The van der Waals surface area contributed by atoms with E-state index in [4.69, 9.17) is 22.2 Å². The molecule has 5 nitrogen and oxygen atoms in total. The summed E-state index contributed by atoms with van der Waals surface area (Å²) in [5.41, 5.74) is 4.70. The third-order valence-corrected chi connectivity index (χ3v) is 2.15. The predicted octanol–water partition coefficient (Wildman–Crippen LogP) is -1.26. The number of hydrogen-bond acceptors (Lipinski definition) is 4. The van der Waals surface area contributed by atoms with E-state index in [1.54, 1.807) is 0 Å². The lowest BCUT2D eigenvalue weighted by Crippen LogP contribution is -2.56. The largest absolute Gasteiger partial charge is 0.381 e. The van der Waals surface area contributed by atoms with E-state index in [1.165, 1.54) is 0 Å². The third-order valence-electron chi connectivity index (χ3n) is 1.97. The number of hydrogen-bond donors (Lipinski definition) is 3. The SMILES string of the molecule is NC1(C(O)C(=O)NCl)CCOC1. The van der Waals surface area contributed by atoms with Crippen molar-refractivity contribution in [2.45, 2.75) is 18.1 Å². The molecular formula is C6H11ClN2O3. The molecule has 0 spiro atoms. The van der Waals surface area contributed by atoms with Crippen molar-refractivity contribution in [2.75, 3.05) is 13.2 Å². The second-order valence-electron chi connectivity index (χ2n) is 2.90. The van der Waals surface area contributed by atoms with Gasteiger partial charge in [-0.3, -0.25) is 9.63 Å². The number of amides is 1. The number of halogens is 1. The molecule has 4 N–H and O–H groups in total. The van der Waals surface area contributed by atoms with Crippen molar-refractivity contribution in [2.24, 2.45) is 5.73 Å². The smallest absolute Gasteiger partial charge is 0.265 e. The van der Waals surface area contributed by atoms with Crippen LogP contribution in [0.25, 0.3) is 0 Å². The van der Waals surface area contributed by atoms with Crippen molar-refractivity contribution in [1.82, 2.24) is 4.84 Å². The Balaban J connectivity index is 2.61. The van der Waals surface area contributed by atoms with E-state index in [2.05, 4.69) is 0 Å². The first-order chi connectivity index (χ1) is 5.60. The van der Waals surface area contributed by atoms with Crippen LogP contribution >= 0.6 is 11.8 Å². The summed E-state index contributed by atoms with van der Waals surface area (Å²) in [7, 11) is 0. The summed E-state index contributed by atoms with van der Waals surface area (Å²) < 4.78 is 4.97. The standard InChI is InChI=1S/C6H11ClN2O3/c7-9-5(11)4(10)6(8)1-2-12-3-6/h4,10H,1-3,8H2,(H,9,11). The highest BCUT2D eigenvalue weighted by atomic mass is 35.5. The molecule has 1 rings (SSSR count). The molecule has 1 fully saturated rings. The van der Waals surface area contributed by atoms with Gasteiger partial charge in [0, 0.05) is 18.4 Å². The summed E-state index contributed by atoms with van der Waals surface area (Å²) in [6.45, 7) is 0.640. The summed E-state index contributed by atoms with van der Waals surface area (Å²) in [6.07, 6.45) is -0.851. The summed E-state index contributed by atoms with van der Waals surface area (Å²) in [6, 6.07) is 0. The van der Waals surface area contributed by atoms with Crippen LogP contribution in [0.15, 0.2) is 0 Å². The molecule has 6 heteroatoms. The topological polar surface area (TPSA) is 84.6 Å². The van der Waals surface area contributed by atoms with Gasteiger partial charge in [-0.25, -0.2) is 0 Å². The van der Waals surface area contributed by atoms with Crippen LogP contribution in [0.1, 0.15) is 6.42 Å². The monoisotopic (exact) mass is 194 g/mol. The Morgan fingerprint density at radius 1 is 1.83 bits per heavy atom. The molecule has 0 saturated carbocycles. The van der Waals surface area contributed by atoms with Crippen molar-refractivity contribution in [3.05, 3.63) is 0 Å². The van der Waals surface area contributed by atoms with Crippen LogP contribution in [-0.4, -0.2) is 35.9 Å². The first-order valence-electron chi connectivity index (χ1n) is 3.55. The second kappa shape index (κ2) is 3.57. The Bertz CT molecular complexity index is 182. The number of ether oxygens (including phenoxy) is 1. The van der Waals surface area contributed by atoms with Crippen LogP contribution in [0.2, 0.25) is 0 Å². The molecule has 12 heavy (non-hydrogen) atoms. The minimum absolute atomic E-state index is 0.179. The maximum absolute atomic E-state index is 10.9. The van der Waals surface area contributed by atoms with Gasteiger partial charge in [-0.1, -0.05) is 0 Å². The van der Waals surface area contributed by atoms with E-state index in [-0.39, 0.29) is 6.61 Å². The van der Waals surface area contributed by atoms with E-state index in [1.807, 2.05) is 4.84 Å². The maximum atomic E-state index is 10.9. The minimum atomic E-state index is -1.31. The molecule has 2 unspecified atom stereocenters. The Hall–Kier alpha value is -0.360. The molecule has 1 aliphatic rings. The Morgan fingerprint density at radius 3 is 2.92 bits per heavy atom. The molecule has 0 aromatic heterocycles. The Labute approximate surface area is 74.9 Å². The third kappa shape index (κ3) is 1.69. The Kier molecular flexibility index (Phi) is 2.89. The average Bonchev–Trinajstić information content (AvgIpc) is 2.50. The summed E-state index contributed by atoms with van der Waals surface area (Å²) in [5.74, 6) is -0.690. The molecule has 1 heterocycles. The van der Waals surface area contributed by atoms with Crippen LogP contribution in [0.3, 0.4) is 0 Å². The number of nitrogens with two attached hydrogens (primary N) is 1. The van der Waals surface area contributed by atoms with Gasteiger partial charge in [0.2, 0.25) is 0 Å². The van der Waals surface area contributed by atoms with Gasteiger partial charge in [0.05, 0.1) is 12.1 Å². The second-order valence-corrected chi connectivity index (χ2v) is 3.09. The van der Waals surface area contributed by atoms with Gasteiger partial charge < -0.3 is 15.6 Å². The molecule has 0 radical (unpaired) electrons. The highest BCUT2D eigenvalue weighted by Crippen LogP contribution is 2.19. The van der Waals surface area contributed by atoms with Crippen molar-refractivity contribution in [3.63, 3.8) is 0 Å². The van der Waals surface area contributed by atoms with Gasteiger partial charge in [-0.05, 0) is 6.42 Å². The number of nitrogens with one attached hydrogen (secondary N) is 1. The molecule has 1 aliphatic heterocycles. The molecule has 0 bridgehead atoms. The van der Waals surface area contributed by atoms with Crippen LogP contribution < -0.4 is 10.6 Å². The quantitative estimate of drug-likeness (QED) is 0.479. The molecule has 0 aliphatic carbocycles. The van der Waals surface area contributed by atoms with E-state index in [0.29, 0.717) is 13.0 Å². The lowest BCUT2D eigenvalue weighted by atomic mass is 9.92. The van der Waals surface area contributed by atoms with Crippen molar-refractivity contribution in [1.29, 1.82) is 0 Å². The van der Waals surface area contributed by atoms with Crippen LogP contribution in [0.5, 0.6) is 0 Å². The van der Waals surface area contributed by atoms with Gasteiger partial charge in [-0.15, -0.1) is 0 Å². The summed E-state index contributed by atoms with van der Waals surface area (Å²) in [4.78, 5) is 12.7. The van der Waals surface area contributed by atoms with Gasteiger partial charge >= 0.3 is 0 Å². The summed E-state index contributed by atoms with van der Waals surface area (Å²) >= 11 is 5.03. The highest BCUT2D eigenvalue weighted by molar-refractivity contribution is 6.22. The van der Waals surface area contributed by atoms with E-state index >= 15 is 0 Å². The van der Waals surface area contributed by atoms with E-state index in [0.717, 1.165) is 0 Å². The fourth-order valence-electron chi connectivity index (χ4n) is 1.12. The Morgan fingerprint density at radius 2 is 2.50 bits per heavy atom. The first kappa shape index (κ1) is 9.73. The van der Waals surface area contributed by atoms with Gasteiger partial charge in [-0.2, -0.15) is 0 Å². The zero-order chi connectivity index (χ0) is 9.19. The number of carbonyl (C=O) groups is 1. The molecule has 0 aromatic rings. The zero-order valence-electron chi connectivity index (χ0n) is 6.42. The number of carbonyl (C=O) groups excluding carboxylic acids is 1. The lowest BCUT2D eigenvalue weighted by molar-refractivity contribution is -0.131. The minimum Gasteiger partial charge on any atom is -0.381 e. The van der Waals surface area contributed by atoms with E-state index < -0.39 is 17.6 Å². The lowest BCUT2D eigenvalue weighted by Gasteiger charge is -2.25. The molecular weight excluding hydrogens is 184 g/mol. The summed E-state index contributed by atoms with van der Waals surface area (Å²) in [5, 5.41) is 9.38. The van der Waals surface area contributed by atoms with Crippen molar-refractivity contribution < 1.29 is 14.6 Å². The fourth-order valence-corrected chi connectivity index (χ4v) is 1.23. The zero-order valence-corrected chi connectivity index (χ0v) is 7.17. The van der Waals surface area contributed by atoms with Crippen LogP contribution in [0, 0.1) is 0 Å². The van der Waals surface area contributed by atoms with Gasteiger partial charge in [0.25, 0.3) is 5.91 Å². The number of aliphatic hydroxyl groups excluding tert-OH is 1. The predicted molar refractivity (Wildman–Crippen MR) is 42.4 cm³/mol. The molecule has 1 amide bonds. The van der Waals surface area contributed by atoms with Crippen molar-refractivity contribution in [3.8, 4) is 0 Å². The average molecular weight is 195 g/mol. The van der Waals surface area contributed by atoms with Gasteiger partial charge in [0.15, 0.2) is 6.10 Å². The molecule has 70 valence electrons. The fraction of sp³-hybridized carbons (Fsp3) is 0.833. The van der Waals surface area contributed by atoms with Crippen LogP contribution in [0.4, 0.5) is 0 Å². The normalized spacial score (nSPS) is 31.6.